The first-order valence-corrected chi connectivity index (χ1v) is 10.3. The quantitative estimate of drug-likeness (QED) is 0.369. The van der Waals surface area contributed by atoms with Crippen molar-refractivity contribution >= 4 is 17.7 Å². The van der Waals surface area contributed by atoms with Gasteiger partial charge in [0.15, 0.2) is 0 Å². The number of alkyl carbamates (subject to hydrolysis) is 1. The van der Waals surface area contributed by atoms with Gasteiger partial charge in [-0.15, -0.1) is 11.6 Å². The molecule has 0 radical (unpaired) electrons. The highest BCUT2D eigenvalue weighted by Crippen LogP contribution is 2.54. The number of aliphatic hydroxyl groups is 1. The third-order valence-electron chi connectivity index (χ3n) is 5.75. The molecule has 2 N–H and O–H groups in total. The fourth-order valence-corrected chi connectivity index (χ4v) is 4.53. The average Bonchev–Trinajstić information content (AvgIpc) is 3.30. The topological polar surface area (TPSA) is 80.3 Å². The van der Waals surface area contributed by atoms with E-state index in [0.29, 0.717) is 19.4 Å². The molecule has 0 bridgehead atoms. The fraction of sp³-hybridized carbons (Fsp3) is 0.850. The van der Waals surface area contributed by atoms with Crippen molar-refractivity contribution in [3.05, 3.63) is 11.6 Å². The van der Waals surface area contributed by atoms with Crippen LogP contribution in [-0.2, 0) is 14.2 Å². The van der Waals surface area contributed by atoms with E-state index in [9.17, 15) is 9.90 Å². The van der Waals surface area contributed by atoms with Crippen molar-refractivity contribution in [1.29, 1.82) is 0 Å². The van der Waals surface area contributed by atoms with E-state index in [1.54, 1.807) is 7.11 Å². The molecule has 1 unspecified atom stereocenters. The summed E-state index contributed by atoms with van der Waals surface area (Å²) < 4.78 is 17.4. The van der Waals surface area contributed by atoms with Crippen LogP contribution in [0.25, 0.3) is 0 Å². The van der Waals surface area contributed by atoms with Gasteiger partial charge < -0.3 is 24.6 Å². The van der Waals surface area contributed by atoms with Crippen LogP contribution in [0, 0.1) is 5.92 Å². The van der Waals surface area contributed by atoms with Gasteiger partial charge in [0.25, 0.3) is 0 Å². The Balaban J connectivity index is 2.19. The molecule has 2 fully saturated rings. The molecule has 0 aromatic heterocycles. The molecular formula is C20H34ClNO5. The molecule has 1 aliphatic carbocycles. The number of methoxy groups -OCH3 is 1. The number of carbonyl (C=O) groups excluding carboxylic acids is 1. The first-order valence-electron chi connectivity index (χ1n) is 9.78. The number of rotatable bonds is 8. The Kier molecular flexibility index (Phi) is 7.59. The van der Waals surface area contributed by atoms with Crippen LogP contribution in [0.2, 0.25) is 0 Å². The summed E-state index contributed by atoms with van der Waals surface area (Å²) in [6.07, 6.45) is 3.24. The van der Waals surface area contributed by atoms with Gasteiger partial charge in [-0.1, -0.05) is 18.6 Å². The molecule has 1 heterocycles. The number of carbonyl (C=O) groups is 1. The number of hydrogen-bond acceptors (Lipinski definition) is 5. The Morgan fingerprint density at radius 3 is 2.70 bits per heavy atom. The van der Waals surface area contributed by atoms with Gasteiger partial charge in [0, 0.05) is 13.7 Å². The van der Waals surface area contributed by atoms with E-state index in [4.69, 9.17) is 25.8 Å². The van der Waals surface area contributed by atoms with Gasteiger partial charge in [-0.25, -0.2) is 4.79 Å². The Morgan fingerprint density at radius 2 is 2.15 bits per heavy atom. The summed E-state index contributed by atoms with van der Waals surface area (Å²) in [5, 5.41) is 14.0. The molecule has 0 spiro atoms. The minimum absolute atomic E-state index is 0.0162. The maximum Gasteiger partial charge on any atom is 0.407 e. The fourth-order valence-electron chi connectivity index (χ4n) is 4.23. The van der Waals surface area contributed by atoms with E-state index in [1.165, 1.54) is 5.57 Å². The molecule has 2 aliphatic rings. The van der Waals surface area contributed by atoms with Crippen LogP contribution >= 0.6 is 11.6 Å². The van der Waals surface area contributed by atoms with E-state index in [1.807, 2.05) is 27.7 Å². The highest BCUT2D eigenvalue weighted by atomic mass is 35.5. The number of allylic oxidation sites excluding steroid dienone is 1. The summed E-state index contributed by atoms with van der Waals surface area (Å²) >= 11 is 6.18. The van der Waals surface area contributed by atoms with E-state index in [0.717, 1.165) is 12.8 Å². The van der Waals surface area contributed by atoms with Crippen molar-refractivity contribution in [2.24, 2.45) is 5.92 Å². The third-order valence-corrected chi connectivity index (χ3v) is 6.22. The summed E-state index contributed by atoms with van der Waals surface area (Å²) in [5.74, 6) is -0.304. The average molecular weight is 404 g/mol. The van der Waals surface area contributed by atoms with E-state index < -0.39 is 29.5 Å². The van der Waals surface area contributed by atoms with E-state index >= 15 is 0 Å². The smallest absolute Gasteiger partial charge is 0.407 e. The minimum atomic E-state index is -1.13. The second kappa shape index (κ2) is 9.12. The van der Waals surface area contributed by atoms with Crippen LogP contribution in [0.15, 0.2) is 11.6 Å². The standard InChI is InChI=1S/C20H34ClNO5/c1-6-11-22-18(23)26-14-9-10-20(24,12-21)17(16(14)25-5)19(4)15(27-19)8-7-13(2)3/h7,14-17,24H,6,8-12H2,1-5H3,(H,22,23)/t14-,15?,16-,17-,19+,20+/m1/s1. The number of amides is 1. The maximum absolute atomic E-state index is 12.1. The summed E-state index contributed by atoms with van der Waals surface area (Å²) in [4.78, 5) is 12.1. The number of alkyl halides is 1. The van der Waals surface area contributed by atoms with Crippen LogP contribution in [0.1, 0.15) is 53.4 Å². The van der Waals surface area contributed by atoms with Gasteiger partial charge >= 0.3 is 6.09 Å². The van der Waals surface area contributed by atoms with Gasteiger partial charge in [-0.05, 0) is 46.5 Å². The van der Waals surface area contributed by atoms with Crippen molar-refractivity contribution in [2.45, 2.75) is 82.9 Å². The zero-order chi connectivity index (χ0) is 20.2. The predicted octanol–water partition coefficient (Wildman–Crippen LogP) is 3.40. The maximum atomic E-state index is 12.1. The molecular weight excluding hydrogens is 370 g/mol. The van der Waals surface area contributed by atoms with Gasteiger partial charge in [0.05, 0.1) is 23.5 Å². The summed E-state index contributed by atoms with van der Waals surface area (Å²) in [7, 11) is 1.58. The molecule has 6 nitrogen and oxygen atoms in total. The van der Waals surface area contributed by atoms with Crippen molar-refractivity contribution in [1.82, 2.24) is 5.32 Å². The Hall–Kier alpha value is -0.820. The zero-order valence-corrected chi connectivity index (χ0v) is 17.8. The molecule has 6 atom stereocenters. The number of halogens is 1. The molecule has 27 heavy (non-hydrogen) atoms. The van der Waals surface area contributed by atoms with Crippen LogP contribution in [-0.4, -0.2) is 60.2 Å². The molecule has 156 valence electrons. The molecule has 2 rings (SSSR count). The number of ether oxygens (including phenoxy) is 3. The molecule has 1 amide bonds. The van der Waals surface area contributed by atoms with Crippen LogP contribution in [0.3, 0.4) is 0 Å². The minimum Gasteiger partial charge on any atom is -0.443 e. The van der Waals surface area contributed by atoms with Crippen LogP contribution in [0.4, 0.5) is 4.79 Å². The van der Waals surface area contributed by atoms with Gasteiger partial charge in [0.2, 0.25) is 0 Å². The van der Waals surface area contributed by atoms with Gasteiger partial charge in [-0.2, -0.15) is 0 Å². The highest BCUT2D eigenvalue weighted by molar-refractivity contribution is 6.18. The molecule has 1 saturated heterocycles. The summed E-state index contributed by atoms with van der Waals surface area (Å²) in [6, 6.07) is 0. The van der Waals surface area contributed by atoms with E-state index in [2.05, 4.69) is 11.4 Å². The van der Waals surface area contributed by atoms with E-state index in [-0.39, 0.29) is 17.9 Å². The largest absolute Gasteiger partial charge is 0.443 e. The SMILES string of the molecule is CCCNC(=O)O[C@@H]1CC[C@](O)(CCl)[C@@H]([C@@]2(C)OC2CC=C(C)C)[C@@H]1OC. The molecule has 1 aliphatic heterocycles. The number of hydrogen-bond donors (Lipinski definition) is 2. The van der Waals surface area contributed by atoms with Crippen LogP contribution < -0.4 is 5.32 Å². The van der Waals surface area contributed by atoms with Crippen molar-refractivity contribution in [3.8, 4) is 0 Å². The second-order valence-corrected chi connectivity index (χ2v) is 8.40. The zero-order valence-electron chi connectivity index (χ0n) is 17.1. The highest BCUT2D eigenvalue weighted by Gasteiger charge is 2.67. The lowest BCUT2D eigenvalue weighted by Crippen LogP contribution is -2.61. The predicted molar refractivity (Wildman–Crippen MR) is 105 cm³/mol. The Labute approximate surface area is 167 Å². The monoisotopic (exact) mass is 403 g/mol. The molecule has 0 aromatic carbocycles. The lowest BCUT2D eigenvalue weighted by atomic mass is 9.66. The Bertz CT molecular complexity index is 552. The van der Waals surface area contributed by atoms with Gasteiger partial charge in [0.1, 0.15) is 17.8 Å². The van der Waals surface area contributed by atoms with Crippen LogP contribution in [0.5, 0.6) is 0 Å². The van der Waals surface area contributed by atoms with Gasteiger partial charge in [-0.3, -0.25) is 0 Å². The van der Waals surface area contributed by atoms with Crippen molar-refractivity contribution in [2.75, 3.05) is 19.5 Å². The number of epoxide rings is 1. The lowest BCUT2D eigenvalue weighted by molar-refractivity contribution is -0.170. The summed E-state index contributed by atoms with van der Waals surface area (Å²) in [6.45, 7) is 8.62. The molecule has 7 heteroatoms. The first-order chi connectivity index (χ1) is 12.7. The third kappa shape index (κ3) is 4.97. The normalized spacial score (nSPS) is 38.2. The molecule has 0 aromatic rings. The lowest BCUT2D eigenvalue weighted by Gasteiger charge is -2.48. The van der Waals surface area contributed by atoms with Crippen molar-refractivity contribution in [3.63, 3.8) is 0 Å². The molecule has 1 saturated carbocycles. The number of nitrogens with one attached hydrogen (secondary N) is 1. The Morgan fingerprint density at radius 1 is 1.44 bits per heavy atom. The summed E-state index contributed by atoms with van der Waals surface area (Å²) in [5.41, 5.74) is -0.476. The van der Waals surface area contributed by atoms with Crippen molar-refractivity contribution < 1.29 is 24.1 Å². The second-order valence-electron chi connectivity index (χ2n) is 8.13. The first kappa shape index (κ1) is 22.5.